The van der Waals surface area contributed by atoms with Gasteiger partial charge >= 0.3 is 19.8 Å². The maximum atomic E-state index is 12.8. The Morgan fingerprint density at radius 2 is 0.647 bits per heavy atom. The van der Waals surface area contributed by atoms with Gasteiger partial charge in [-0.05, 0) is 89.9 Å². The molecule has 0 saturated carbocycles. The van der Waals surface area contributed by atoms with Gasteiger partial charge in [0.15, 0.2) is 6.10 Å². The molecule has 0 amide bonds. The molecule has 9 nitrogen and oxygen atoms in total. The van der Waals surface area contributed by atoms with Crippen LogP contribution in [0.25, 0.3) is 0 Å². The standard InChI is InChI=1S/C75H136NO8P/c1-3-5-7-9-11-13-15-17-19-21-23-25-27-29-31-32-33-34-35-36-37-38-39-40-42-43-45-47-49-51-53-55-57-59-61-63-65-67-74(77)81-71-73(72-83-85(79,80)82-70-69-76)84-75(78)68-66-64-62-60-58-56-54-52-50-48-46-44-41-30-28-26-24-22-20-18-16-14-12-10-8-6-4-2/h6,8,12,14-15,17-18,20-21,23-24,26-27,29,73H,3-5,7,9-11,13,16,19,22,25,28,30-72,76H2,1-2H3,(H,79,80)/b8-6-,14-12-,17-15-,20-18-,23-21-,26-24-,29-27-. The van der Waals surface area contributed by atoms with Crippen LogP contribution in [-0.2, 0) is 32.7 Å². The predicted octanol–water partition coefficient (Wildman–Crippen LogP) is 23.8. The second kappa shape index (κ2) is 70.3. The summed E-state index contributed by atoms with van der Waals surface area (Å²) in [4.78, 5) is 35.4. The molecule has 0 aromatic heterocycles. The lowest BCUT2D eigenvalue weighted by Gasteiger charge is -2.19. The van der Waals surface area contributed by atoms with Crippen LogP contribution in [0.15, 0.2) is 85.1 Å². The molecule has 0 spiro atoms. The van der Waals surface area contributed by atoms with Crippen molar-refractivity contribution in [2.24, 2.45) is 5.73 Å². The van der Waals surface area contributed by atoms with Crippen LogP contribution < -0.4 is 5.73 Å². The molecule has 0 aromatic carbocycles. The van der Waals surface area contributed by atoms with Gasteiger partial charge in [0, 0.05) is 19.4 Å². The van der Waals surface area contributed by atoms with Crippen LogP contribution in [-0.4, -0.2) is 49.3 Å². The van der Waals surface area contributed by atoms with E-state index in [1.54, 1.807) is 0 Å². The fourth-order valence-electron chi connectivity index (χ4n) is 10.5. The van der Waals surface area contributed by atoms with Crippen molar-refractivity contribution in [2.45, 2.75) is 354 Å². The summed E-state index contributed by atoms with van der Waals surface area (Å²) >= 11 is 0. The van der Waals surface area contributed by atoms with E-state index < -0.39 is 26.5 Å². The lowest BCUT2D eigenvalue weighted by Crippen LogP contribution is -2.29. The average molecular weight is 1210 g/mol. The zero-order valence-electron chi connectivity index (χ0n) is 55.6. The Kier molecular flexibility index (Phi) is 68.0. The molecule has 0 bridgehead atoms. The molecule has 2 atom stereocenters. The van der Waals surface area contributed by atoms with Gasteiger partial charge in [-0.1, -0.05) is 330 Å². The van der Waals surface area contributed by atoms with Crippen molar-refractivity contribution in [3.05, 3.63) is 85.1 Å². The molecule has 85 heavy (non-hydrogen) atoms. The molecule has 0 fully saturated rings. The third-order valence-corrected chi connectivity index (χ3v) is 16.7. The van der Waals surface area contributed by atoms with Gasteiger partial charge in [-0.3, -0.25) is 18.6 Å². The number of allylic oxidation sites excluding steroid dienone is 14. The fourth-order valence-corrected chi connectivity index (χ4v) is 11.2. The second-order valence-corrected chi connectivity index (χ2v) is 25.5. The van der Waals surface area contributed by atoms with Crippen molar-refractivity contribution in [2.75, 3.05) is 26.4 Å². The maximum Gasteiger partial charge on any atom is 0.472 e. The molecule has 0 radical (unpaired) electrons. The number of unbranched alkanes of at least 4 members (excludes halogenated alkanes) is 41. The summed E-state index contributed by atoms with van der Waals surface area (Å²) in [5.41, 5.74) is 5.40. The highest BCUT2D eigenvalue weighted by Gasteiger charge is 2.26. The van der Waals surface area contributed by atoms with Crippen LogP contribution in [0, 0.1) is 0 Å². The van der Waals surface area contributed by atoms with Crippen molar-refractivity contribution in [1.82, 2.24) is 0 Å². The minimum atomic E-state index is -4.40. The molecule has 3 N–H and O–H groups in total. The van der Waals surface area contributed by atoms with Crippen LogP contribution in [0.2, 0.25) is 0 Å². The van der Waals surface area contributed by atoms with Crippen molar-refractivity contribution >= 4 is 19.8 Å². The molecular formula is C75H136NO8P. The third kappa shape index (κ3) is 70.2. The maximum absolute atomic E-state index is 12.8. The highest BCUT2D eigenvalue weighted by Crippen LogP contribution is 2.43. The molecule has 0 aliphatic carbocycles. The molecule has 0 rings (SSSR count). The summed E-state index contributed by atoms with van der Waals surface area (Å²) in [5.74, 6) is -0.815. The number of phosphoric acid groups is 1. The first-order chi connectivity index (χ1) is 41.8. The molecule has 2 unspecified atom stereocenters. The number of carbonyl (C=O) groups excluding carboxylic acids is 2. The highest BCUT2D eigenvalue weighted by atomic mass is 31.2. The van der Waals surface area contributed by atoms with Gasteiger partial charge in [-0.2, -0.15) is 0 Å². The first kappa shape index (κ1) is 82.2. The zero-order chi connectivity index (χ0) is 61.6. The SMILES string of the molecule is CC/C=C\C/C=C\C/C=C\C/C=C\CCCCCCCCCCCCCCCCC(=O)OC(COC(=O)CCCCCCCCCCCCCCCCCCCCCCCC/C=C\C/C=C\C/C=C\CCCCCCC)COP(=O)(O)OCCN. The number of hydrogen-bond acceptors (Lipinski definition) is 8. The molecule has 0 aliphatic heterocycles. The molecule has 0 heterocycles. The number of carbonyl (C=O) groups is 2. The van der Waals surface area contributed by atoms with E-state index in [0.717, 1.165) is 77.0 Å². The first-order valence-corrected chi connectivity index (χ1v) is 37.6. The monoisotopic (exact) mass is 1210 g/mol. The summed E-state index contributed by atoms with van der Waals surface area (Å²) < 4.78 is 33.2. The summed E-state index contributed by atoms with van der Waals surface area (Å²) in [5, 5.41) is 0. The molecule has 494 valence electrons. The summed E-state index contributed by atoms with van der Waals surface area (Å²) in [6, 6.07) is 0. The van der Waals surface area contributed by atoms with E-state index >= 15 is 0 Å². The van der Waals surface area contributed by atoms with Gasteiger partial charge in [-0.15, -0.1) is 0 Å². The predicted molar refractivity (Wildman–Crippen MR) is 367 cm³/mol. The van der Waals surface area contributed by atoms with Crippen molar-refractivity contribution in [3.8, 4) is 0 Å². The normalized spacial score (nSPS) is 13.4. The number of esters is 2. The lowest BCUT2D eigenvalue weighted by molar-refractivity contribution is -0.161. The Balaban J connectivity index is 3.81. The lowest BCUT2D eigenvalue weighted by atomic mass is 10.0. The summed E-state index contributed by atoms with van der Waals surface area (Å²) in [6.45, 7) is 3.67. The quantitative estimate of drug-likeness (QED) is 0.0264. The topological polar surface area (TPSA) is 134 Å². The minimum absolute atomic E-state index is 0.0525. The van der Waals surface area contributed by atoms with E-state index in [1.807, 2.05) is 0 Å². The molecule has 0 saturated heterocycles. The number of hydrogen-bond donors (Lipinski definition) is 2. The molecule has 0 aliphatic rings. The summed E-state index contributed by atoms with van der Waals surface area (Å²) in [7, 11) is -4.40. The van der Waals surface area contributed by atoms with Crippen LogP contribution in [0.1, 0.15) is 348 Å². The van der Waals surface area contributed by atoms with Gasteiger partial charge < -0.3 is 20.1 Å². The molecule has 0 aromatic rings. The Morgan fingerprint density at radius 1 is 0.365 bits per heavy atom. The van der Waals surface area contributed by atoms with Gasteiger partial charge in [0.2, 0.25) is 0 Å². The van der Waals surface area contributed by atoms with Crippen LogP contribution in [0.5, 0.6) is 0 Å². The van der Waals surface area contributed by atoms with Gasteiger partial charge in [0.1, 0.15) is 6.61 Å². The van der Waals surface area contributed by atoms with E-state index in [-0.39, 0.29) is 38.6 Å². The van der Waals surface area contributed by atoms with Gasteiger partial charge in [0.25, 0.3) is 0 Å². The Labute approximate surface area is 525 Å². The molecule has 10 heteroatoms. The van der Waals surface area contributed by atoms with Crippen LogP contribution in [0.4, 0.5) is 0 Å². The van der Waals surface area contributed by atoms with Crippen molar-refractivity contribution < 1.29 is 37.6 Å². The number of nitrogens with two attached hydrogens (primary N) is 1. The van der Waals surface area contributed by atoms with Crippen LogP contribution in [0.3, 0.4) is 0 Å². The Morgan fingerprint density at radius 3 is 0.965 bits per heavy atom. The molecular weight excluding hydrogens is 1070 g/mol. The van der Waals surface area contributed by atoms with E-state index in [0.29, 0.717) is 6.42 Å². The number of rotatable bonds is 68. The van der Waals surface area contributed by atoms with Gasteiger partial charge in [0.05, 0.1) is 13.2 Å². The summed E-state index contributed by atoms with van der Waals surface area (Å²) in [6.07, 6.45) is 94.0. The Hall–Kier alpha value is -2.81. The highest BCUT2D eigenvalue weighted by molar-refractivity contribution is 7.47. The van der Waals surface area contributed by atoms with Gasteiger partial charge in [-0.25, -0.2) is 4.57 Å². The smallest absolute Gasteiger partial charge is 0.462 e. The average Bonchev–Trinajstić information content (AvgIpc) is 3.53. The van der Waals surface area contributed by atoms with Crippen molar-refractivity contribution in [1.29, 1.82) is 0 Å². The van der Waals surface area contributed by atoms with E-state index in [9.17, 15) is 19.0 Å². The first-order valence-electron chi connectivity index (χ1n) is 36.1. The van der Waals surface area contributed by atoms with E-state index in [1.165, 1.54) is 238 Å². The largest absolute Gasteiger partial charge is 0.472 e. The van der Waals surface area contributed by atoms with Crippen LogP contribution >= 0.6 is 7.82 Å². The fraction of sp³-hybridized carbons (Fsp3) is 0.787. The second-order valence-electron chi connectivity index (χ2n) is 24.1. The number of phosphoric ester groups is 1. The Bertz CT molecular complexity index is 1670. The van der Waals surface area contributed by atoms with E-state index in [2.05, 4.69) is 98.9 Å². The van der Waals surface area contributed by atoms with E-state index in [4.69, 9.17) is 24.3 Å². The zero-order valence-corrected chi connectivity index (χ0v) is 56.5. The number of ether oxygens (including phenoxy) is 2. The third-order valence-electron chi connectivity index (χ3n) is 15.8. The van der Waals surface area contributed by atoms with Crippen molar-refractivity contribution in [3.63, 3.8) is 0 Å². The minimum Gasteiger partial charge on any atom is -0.462 e.